The number of nitrogens with two attached hydrogens (primary N) is 1. The van der Waals surface area contributed by atoms with Gasteiger partial charge in [-0.3, -0.25) is 9.59 Å². The molecule has 6 nitrogen and oxygen atoms in total. The Morgan fingerprint density at radius 3 is 2.26 bits per heavy atom. The van der Waals surface area contributed by atoms with Crippen molar-refractivity contribution in [1.82, 2.24) is 4.90 Å². The van der Waals surface area contributed by atoms with E-state index in [2.05, 4.69) is 5.32 Å². The van der Waals surface area contributed by atoms with E-state index in [1.54, 1.807) is 0 Å². The van der Waals surface area contributed by atoms with Gasteiger partial charge in [-0.15, -0.1) is 0 Å². The van der Waals surface area contributed by atoms with E-state index in [4.69, 9.17) is 5.73 Å². The fraction of sp³-hybridized carbons (Fsp3) is 0.619. The Bertz CT molecular complexity index is 808. The van der Waals surface area contributed by atoms with Gasteiger partial charge in [-0.1, -0.05) is 12.8 Å². The van der Waals surface area contributed by atoms with Crippen molar-refractivity contribution < 1.29 is 27.0 Å². The average molecular weight is 460 g/mol. The zero-order valence-electron chi connectivity index (χ0n) is 17.2. The fourth-order valence-electron chi connectivity index (χ4n) is 4.33. The summed E-state index contributed by atoms with van der Waals surface area (Å²) < 4.78 is 48.8. The second-order valence-corrected chi connectivity index (χ2v) is 9.79. The summed E-state index contributed by atoms with van der Waals surface area (Å²) in [6, 6.07) is 4.75. The highest BCUT2D eigenvalue weighted by Gasteiger charge is 2.38. The van der Waals surface area contributed by atoms with Gasteiger partial charge < -0.3 is 16.0 Å². The topological polar surface area (TPSA) is 92.5 Å². The minimum absolute atomic E-state index is 0.0651. The molecule has 172 valence electrons. The number of nitrogens with zero attached hydrogens (tertiary/aromatic N) is 1. The van der Waals surface area contributed by atoms with Crippen LogP contribution in [0.2, 0.25) is 0 Å². The third kappa shape index (κ3) is 6.29. The molecule has 3 N–H and O–H groups in total. The maximum atomic E-state index is 12.7. The standard InChI is InChI=1S/C21H28F3N3O3S/c22-21(23,24)31(30)16-7-5-15(6-8-16)26-19(28)13-14-9-11-27(12-10-14)20(29)17-3-1-2-4-18(17)25/h5-8,14,17-18H,1-4,9-13,25H2,(H,26,28). The van der Waals surface area contributed by atoms with E-state index in [9.17, 15) is 27.0 Å². The second-order valence-electron chi connectivity index (χ2n) is 8.31. The molecule has 3 rings (SSSR count). The van der Waals surface area contributed by atoms with E-state index < -0.39 is 16.3 Å². The number of nitrogens with one attached hydrogen (secondary N) is 1. The largest absolute Gasteiger partial charge is 0.475 e. The van der Waals surface area contributed by atoms with E-state index in [1.807, 2.05) is 4.90 Å². The SMILES string of the molecule is NC1CCCCC1C(=O)N1CCC(CC(=O)Nc2ccc(S(=O)C(F)(F)F)cc2)CC1. The Balaban J connectivity index is 1.45. The first-order valence-electron chi connectivity index (χ1n) is 10.6. The van der Waals surface area contributed by atoms with E-state index in [1.165, 1.54) is 12.1 Å². The first-order chi connectivity index (χ1) is 14.6. The summed E-state index contributed by atoms with van der Waals surface area (Å²) in [5.41, 5.74) is 1.66. The normalized spacial score (nSPS) is 23.9. The van der Waals surface area contributed by atoms with Gasteiger partial charge >= 0.3 is 5.51 Å². The van der Waals surface area contributed by atoms with E-state index in [0.29, 0.717) is 18.8 Å². The monoisotopic (exact) mass is 459 g/mol. The summed E-state index contributed by atoms with van der Waals surface area (Å²) in [6.45, 7) is 1.22. The minimum Gasteiger partial charge on any atom is -0.342 e. The van der Waals surface area contributed by atoms with Crippen molar-refractivity contribution in [2.24, 2.45) is 17.6 Å². The van der Waals surface area contributed by atoms with Crippen LogP contribution >= 0.6 is 0 Å². The molecule has 0 aromatic heterocycles. The summed E-state index contributed by atoms with van der Waals surface area (Å²) in [7, 11) is -3.09. The number of carbonyl (C=O) groups excluding carboxylic acids is 2. The van der Waals surface area contributed by atoms with Crippen LogP contribution in [-0.4, -0.2) is 45.6 Å². The van der Waals surface area contributed by atoms with E-state index in [-0.39, 0.29) is 41.0 Å². The number of benzene rings is 1. The van der Waals surface area contributed by atoms with Gasteiger partial charge in [0.1, 0.15) is 0 Å². The summed E-state index contributed by atoms with van der Waals surface area (Å²) in [5.74, 6) is -0.0560. The third-order valence-electron chi connectivity index (χ3n) is 6.10. The van der Waals surface area contributed by atoms with Crippen LogP contribution in [0.1, 0.15) is 44.9 Å². The van der Waals surface area contributed by atoms with Crippen LogP contribution < -0.4 is 11.1 Å². The summed E-state index contributed by atoms with van der Waals surface area (Å²) in [6.07, 6.45) is 5.58. The van der Waals surface area contributed by atoms with Crippen molar-refractivity contribution in [3.8, 4) is 0 Å². The van der Waals surface area contributed by atoms with Crippen LogP contribution in [0.3, 0.4) is 0 Å². The molecule has 2 aliphatic rings. The van der Waals surface area contributed by atoms with Crippen molar-refractivity contribution in [1.29, 1.82) is 0 Å². The first kappa shape index (κ1) is 23.7. The van der Waals surface area contributed by atoms with Gasteiger partial charge in [0.25, 0.3) is 0 Å². The maximum absolute atomic E-state index is 12.7. The number of hydrogen-bond donors (Lipinski definition) is 2. The summed E-state index contributed by atoms with van der Waals surface area (Å²) in [5, 5.41) is 2.67. The van der Waals surface area contributed by atoms with Crippen molar-refractivity contribution in [2.45, 2.75) is 61.4 Å². The van der Waals surface area contributed by atoms with Gasteiger partial charge in [0.2, 0.25) is 11.8 Å². The lowest BCUT2D eigenvalue weighted by Gasteiger charge is -2.37. The Kier molecular flexibility index (Phi) is 7.74. The van der Waals surface area contributed by atoms with Crippen molar-refractivity contribution in [2.75, 3.05) is 18.4 Å². The number of piperidine rings is 1. The molecule has 1 heterocycles. The van der Waals surface area contributed by atoms with Crippen molar-refractivity contribution in [3.63, 3.8) is 0 Å². The van der Waals surface area contributed by atoms with Crippen LogP contribution in [0.4, 0.5) is 18.9 Å². The molecule has 10 heteroatoms. The number of anilines is 1. The molecule has 1 saturated heterocycles. The predicted octanol–water partition coefficient (Wildman–Crippen LogP) is 3.40. The molecule has 1 aliphatic heterocycles. The minimum atomic E-state index is -4.82. The fourth-order valence-corrected chi connectivity index (χ4v) is 4.98. The molecule has 0 bridgehead atoms. The van der Waals surface area contributed by atoms with Gasteiger partial charge in [0.05, 0.1) is 5.92 Å². The molecule has 1 aromatic rings. The van der Waals surface area contributed by atoms with E-state index in [0.717, 1.165) is 50.7 Å². The third-order valence-corrected chi connectivity index (χ3v) is 7.22. The molecule has 2 fully saturated rings. The Morgan fingerprint density at radius 1 is 1.06 bits per heavy atom. The first-order valence-corrected chi connectivity index (χ1v) is 11.7. The number of halogens is 3. The molecule has 1 saturated carbocycles. The lowest BCUT2D eigenvalue weighted by atomic mass is 9.83. The van der Waals surface area contributed by atoms with Crippen LogP contribution in [-0.2, 0) is 20.4 Å². The lowest BCUT2D eigenvalue weighted by Crippen LogP contribution is -2.48. The highest BCUT2D eigenvalue weighted by Crippen LogP contribution is 2.29. The second kappa shape index (κ2) is 10.1. The Hall–Kier alpha value is -1.94. The Labute approximate surface area is 182 Å². The molecule has 1 aliphatic carbocycles. The van der Waals surface area contributed by atoms with Crippen molar-refractivity contribution in [3.05, 3.63) is 24.3 Å². The molecular formula is C21H28F3N3O3S. The Morgan fingerprint density at radius 2 is 1.68 bits per heavy atom. The van der Waals surface area contributed by atoms with Crippen molar-refractivity contribution >= 4 is 28.3 Å². The van der Waals surface area contributed by atoms with Gasteiger partial charge in [-0.25, -0.2) is 4.21 Å². The maximum Gasteiger partial charge on any atom is 0.475 e. The molecule has 3 atom stereocenters. The molecule has 31 heavy (non-hydrogen) atoms. The summed E-state index contributed by atoms with van der Waals surface area (Å²) in [4.78, 5) is 26.6. The van der Waals surface area contributed by atoms with Gasteiger partial charge in [0.15, 0.2) is 10.8 Å². The predicted molar refractivity (Wildman–Crippen MR) is 111 cm³/mol. The van der Waals surface area contributed by atoms with Gasteiger partial charge in [-0.05, 0) is 55.9 Å². The quantitative estimate of drug-likeness (QED) is 0.706. The molecule has 0 radical (unpaired) electrons. The summed E-state index contributed by atoms with van der Waals surface area (Å²) >= 11 is 0. The zero-order valence-corrected chi connectivity index (χ0v) is 18.0. The van der Waals surface area contributed by atoms with Crippen LogP contribution in [0.25, 0.3) is 0 Å². The highest BCUT2D eigenvalue weighted by molar-refractivity contribution is 7.86. The molecular weight excluding hydrogens is 431 g/mol. The smallest absolute Gasteiger partial charge is 0.342 e. The lowest BCUT2D eigenvalue weighted by molar-refractivity contribution is -0.138. The number of likely N-dealkylation sites (tertiary alicyclic amines) is 1. The average Bonchev–Trinajstić information content (AvgIpc) is 2.73. The number of rotatable bonds is 5. The molecule has 3 unspecified atom stereocenters. The zero-order chi connectivity index (χ0) is 22.6. The number of alkyl halides is 3. The van der Waals surface area contributed by atoms with E-state index >= 15 is 0 Å². The number of amides is 2. The van der Waals surface area contributed by atoms with Gasteiger partial charge in [0, 0.05) is 36.1 Å². The van der Waals surface area contributed by atoms with Crippen LogP contribution in [0.15, 0.2) is 29.2 Å². The molecule has 1 aromatic carbocycles. The van der Waals surface area contributed by atoms with Crippen LogP contribution in [0, 0.1) is 11.8 Å². The molecule has 0 spiro atoms. The van der Waals surface area contributed by atoms with Gasteiger partial charge in [-0.2, -0.15) is 13.2 Å². The van der Waals surface area contributed by atoms with Crippen LogP contribution in [0.5, 0.6) is 0 Å². The molecule has 2 amide bonds. The highest BCUT2D eigenvalue weighted by atomic mass is 32.2. The number of carbonyl (C=O) groups is 2. The number of hydrogen-bond acceptors (Lipinski definition) is 4.